The number of benzene rings is 1. The number of hydrogen-bond acceptors (Lipinski definition) is 5. The van der Waals surface area contributed by atoms with Crippen molar-refractivity contribution in [2.24, 2.45) is 5.84 Å². The molecule has 0 amide bonds. The highest BCUT2D eigenvalue weighted by Crippen LogP contribution is 2.31. The molecule has 0 aromatic heterocycles. The van der Waals surface area contributed by atoms with E-state index in [-0.39, 0.29) is 6.04 Å². The maximum Gasteiger partial charge on any atom is 0.161 e. The van der Waals surface area contributed by atoms with Crippen molar-refractivity contribution in [3.63, 3.8) is 0 Å². The van der Waals surface area contributed by atoms with Crippen LogP contribution in [0.15, 0.2) is 18.2 Å². The third-order valence-corrected chi connectivity index (χ3v) is 4.06. The van der Waals surface area contributed by atoms with Gasteiger partial charge in [0.15, 0.2) is 11.5 Å². The van der Waals surface area contributed by atoms with Crippen molar-refractivity contribution >= 4 is 0 Å². The lowest BCUT2D eigenvalue weighted by molar-refractivity contribution is 0.00854. The van der Waals surface area contributed by atoms with Crippen LogP contribution >= 0.6 is 0 Å². The number of hydrogen-bond donors (Lipinski definition) is 2. The molecule has 0 aliphatic carbocycles. The Labute approximate surface area is 126 Å². The lowest BCUT2D eigenvalue weighted by Gasteiger charge is -2.25. The average Bonchev–Trinajstić information content (AvgIpc) is 2.56. The minimum absolute atomic E-state index is 0.0929. The van der Waals surface area contributed by atoms with Crippen LogP contribution in [0.2, 0.25) is 0 Å². The van der Waals surface area contributed by atoms with Crippen LogP contribution in [0.3, 0.4) is 0 Å². The molecule has 0 radical (unpaired) electrons. The van der Waals surface area contributed by atoms with Gasteiger partial charge >= 0.3 is 0 Å². The van der Waals surface area contributed by atoms with Crippen molar-refractivity contribution < 1.29 is 14.2 Å². The minimum atomic E-state index is 0.0929. The van der Waals surface area contributed by atoms with E-state index >= 15 is 0 Å². The Bertz CT molecular complexity index is 434. The number of hydrazine groups is 1. The van der Waals surface area contributed by atoms with Crippen molar-refractivity contribution in [3.8, 4) is 11.5 Å². The second-order valence-electron chi connectivity index (χ2n) is 5.40. The molecule has 2 unspecified atom stereocenters. The molecule has 0 bridgehead atoms. The molecule has 118 valence electrons. The summed E-state index contributed by atoms with van der Waals surface area (Å²) in [6.45, 7) is 0.891. The van der Waals surface area contributed by atoms with Gasteiger partial charge in [-0.25, -0.2) is 0 Å². The third kappa shape index (κ3) is 4.33. The van der Waals surface area contributed by atoms with Crippen molar-refractivity contribution in [2.45, 2.75) is 44.2 Å². The Morgan fingerprint density at radius 1 is 1.29 bits per heavy atom. The summed E-state index contributed by atoms with van der Waals surface area (Å²) in [5.41, 5.74) is 4.00. The van der Waals surface area contributed by atoms with Crippen LogP contribution in [-0.2, 0) is 4.74 Å². The highest BCUT2D eigenvalue weighted by molar-refractivity contribution is 5.43. The van der Waals surface area contributed by atoms with Crippen LogP contribution in [0.1, 0.15) is 43.7 Å². The fraction of sp³-hybridized carbons (Fsp3) is 0.625. The molecule has 2 atom stereocenters. The molecule has 1 aliphatic heterocycles. The van der Waals surface area contributed by atoms with Gasteiger partial charge in [0.05, 0.1) is 20.3 Å². The first-order valence-corrected chi connectivity index (χ1v) is 7.58. The molecule has 1 heterocycles. The Balaban J connectivity index is 1.99. The molecular formula is C16H26N2O3. The zero-order valence-electron chi connectivity index (χ0n) is 12.9. The first kappa shape index (κ1) is 16.1. The summed E-state index contributed by atoms with van der Waals surface area (Å²) < 4.78 is 16.4. The topological polar surface area (TPSA) is 65.7 Å². The van der Waals surface area contributed by atoms with Gasteiger partial charge in [-0.15, -0.1) is 0 Å². The zero-order valence-corrected chi connectivity index (χ0v) is 12.9. The Kier molecular flexibility index (Phi) is 6.29. The van der Waals surface area contributed by atoms with E-state index in [1.54, 1.807) is 14.2 Å². The maximum atomic E-state index is 5.78. The van der Waals surface area contributed by atoms with Gasteiger partial charge < -0.3 is 14.2 Å². The number of ether oxygens (including phenoxy) is 3. The molecule has 0 spiro atoms. The molecule has 21 heavy (non-hydrogen) atoms. The van der Waals surface area contributed by atoms with E-state index in [9.17, 15) is 0 Å². The van der Waals surface area contributed by atoms with Gasteiger partial charge in [0.1, 0.15) is 0 Å². The molecule has 2 rings (SSSR count). The van der Waals surface area contributed by atoms with Gasteiger partial charge in [-0.2, -0.15) is 0 Å². The van der Waals surface area contributed by atoms with Crippen LogP contribution in [-0.4, -0.2) is 26.9 Å². The fourth-order valence-corrected chi connectivity index (χ4v) is 2.80. The van der Waals surface area contributed by atoms with Crippen LogP contribution in [0.25, 0.3) is 0 Å². The summed E-state index contributed by atoms with van der Waals surface area (Å²) in [5.74, 6) is 7.17. The normalized spacial score (nSPS) is 20.0. The Hall–Kier alpha value is -1.30. The summed E-state index contributed by atoms with van der Waals surface area (Å²) in [5, 5.41) is 0. The Morgan fingerprint density at radius 3 is 2.71 bits per heavy atom. The first-order valence-electron chi connectivity index (χ1n) is 7.58. The van der Waals surface area contributed by atoms with Gasteiger partial charge in [-0.05, 0) is 49.8 Å². The van der Waals surface area contributed by atoms with Gasteiger partial charge in [-0.1, -0.05) is 6.07 Å². The summed E-state index contributed by atoms with van der Waals surface area (Å²) >= 11 is 0. The second kappa shape index (κ2) is 8.22. The predicted molar refractivity (Wildman–Crippen MR) is 82.4 cm³/mol. The molecule has 5 heteroatoms. The van der Waals surface area contributed by atoms with Gasteiger partial charge in [-0.3, -0.25) is 11.3 Å². The van der Waals surface area contributed by atoms with E-state index in [0.717, 1.165) is 42.9 Å². The number of nitrogens with one attached hydrogen (secondary N) is 1. The van der Waals surface area contributed by atoms with Crippen LogP contribution in [0, 0.1) is 0 Å². The highest BCUT2D eigenvalue weighted by atomic mass is 16.5. The van der Waals surface area contributed by atoms with Crippen LogP contribution in [0.4, 0.5) is 0 Å². The van der Waals surface area contributed by atoms with Gasteiger partial charge in [0, 0.05) is 12.6 Å². The molecular weight excluding hydrogens is 268 g/mol. The lowest BCUT2D eigenvalue weighted by Crippen LogP contribution is -2.29. The van der Waals surface area contributed by atoms with Crippen molar-refractivity contribution in [3.05, 3.63) is 23.8 Å². The van der Waals surface area contributed by atoms with Gasteiger partial charge in [0.2, 0.25) is 0 Å². The maximum absolute atomic E-state index is 5.78. The number of methoxy groups -OCH3 is 2. The number of rotatable bonds is 7. The monoisotopic (exact) mass is 294 g/mol. The quantitative estimate of drug-likeness (QED) is 0.597. The van der Waals surface area contributed by atoms with Crippen LogP contribution in [0.5, 0.6) is 11.5 Å². The van der Waals surface area contributed by atoms with Crippen molar-refractivity contribution in [1.29, 1.82) is 0 Å². The van der Waals surface area contributed by atoms with E-state index in [0.29, 0.717) is 6.10 Å². The van der Waals surface area contributed by atoms with E-state index in [2.05, 4.69) is 5.43 Å². The smallest absolute Gasteiger partial charge is 0.161 e. The predicted octanol–water partition coefficient (Wildman–Crippen LogP) is 2.56. The average molecular weight is 294 g/mol. The number of nitrogens with two attached hydrogens (primary N) is 1. The minimum Gasteiger partial charge on any atom is -0.493 e. The molecule has 1 saturated heterocycles. The van der Waals surface area contributed by atoms with E-state index in [4.69, 9.17) is 20.1 Å². The third-order valence-electron chi connectivity index (χ3n) is 4.06. The second-order valence-corrected chi connectivity index (χ2v) is 5.40. The molecule has 0 saturated carbocycles. The lowest BCUT2D eigenvalue weighted by atomic mass is 9.97. The highest BCUT2D eigenvalue weighted by Gasteiger charge is 2.18. The zero-order chi connectivity index (χ0) is 15.1. The fourth-order valence-electron chi connectivity index (χ4n) is 2.80. The molecule has 1 aliphatic rings. The van der Waals surface area contributed by atoms with Crippen molar-refractivity contribution in [2.75, 3.05) is 20.8 Å². The largest absolute Gasteiger partial charge is 0.493 e. The van der Waals surface area contributed by atoms with Crippen LogP contribution < -0.4 is 20.7 Å². The Morgan fingerprint density at radius 2 is 2.10 bits per heavy atom. The first-order chi connectivity index (χ1) is 10.3. The summed E-state index contributed by atoms with van der Waals surface area (Å²) in [6.07, 6.45) is 5.94. The summed E-state index contributed by atoms with van der Waals surface area (Å²) in [4.78, 5) is 0. The summed E-state index contributed by atoms with van der Waals surface area (Å²) in [6, 6.07) is 6.00. The van der Waals surface area contributed by atoms with Gasteiger partial charge in [0.25, 0.3) is 0 Å². The molecule has 1 aromatic rings. The van der Waals surface area contributed by atoms with E-state index in [1.807, 2.05) is 18.2 Å². The standard InChI is InChI=1S/C16H26N2O3/c1-19-15-9-6-12(11-16(15)20-2)14(18-17)8-7-13-5-3-4-10-21-13/h6,9,11,13-14,18H,3-5,7-8,10,17H2,1-2H3. The molecule has 1 aromatic carbocycles. The summed E-state index contributed by atoms with van der Waals surface area (Å²) in [7, 11) is 3.28. The molecule has 5 nitrogen and oxygen atoms in total. The van der Waals surface area contributed by atoms with Crippen molar-refractivity contribution in [1.82, 2.24) is 5.43 Å². The molecule has 3 N–H and O–H groups in total. The van der Waals surface area contributed by atoms with E-state index in [1.165, 1.54) is 12.8 Å². The molecule has 1 fully saturated rings. The SMILES string of the molecule is COc1ccc(C(CCC2CCCCO2)NN)cc1OC. The van der Waals surface area contributed by atoms with E-state index < -0.39 is 0 Å².